The Morgan fingerprint density at radius 2 is 1.61 bits per heavy atom. The molecule has 2 aromatic carbocycles. The summed E-state index contributed by atoms with van der Waals surface area (Å²) in [6, 6.07) is 5.51. The lowest BCUT2D eigenvalue weighted by atomic mass is 10.00. The summed E-state index contributed by atoms with van der Waals surface area (Å²) in [6.07, 6.45) is -5.11. The topological polar surface area (TPSA) is 171 Å². The van der Waals surface area contributed by atoms with Crippen LogP contribution in [0.2, 0.25) is 0 Å². The Morgan fingerprint density at radius 1 is 0.939 bits per heavy atom. The van der Waals surface area contributed by atoms with E-state index in [9.17, 15) is 30.6 Å². The SMILES string of the molecule is COc1cc(C2[OH+]c3cc(O)cc(O)c3C=C2OC2OC[C@@H](O)[C@@H](O)[C@@H]2O)cc(OC)c1O. The number of aliphatic hydroxyl groups excluding tert-OH is 3. The van der Waals surface area contributed by atoms with Gasteiger partial charge in [-0.3, -0.25) is 0 Å². The fourth-order valence-electron chi connectivity index (χ4n) is 3.71. The molecule has 2 unspecified atom stereocenters. The van der Waals surface area contributed by atoms with E-state index < -0.39 is 30.7 Å². The number of phenolic OH excluding ortho intramolecular Hbond substituents is 3. The van der Waals surface area contributed by atoms with Crippen molar-refractivity contribution in [3.8, 4) is 34.5 Å². The van der Waals surface area contributed by atoms with Crippen molar-refractivity contribution in [1.82, 2.24) is 0 Å². The van der Waals surface area contributed by atoms with Crippen LogP contribution in [-0.4, -0.2) is 80.8 Å². The zero-order chi connectivity index (χ0) is 23.9. The van der Waals surface area contributed by atoms with E-state index in [1.54, 1.807) is 0 Å². The molecular formula is C22H25O11+. The van der Waals surface area contributed by atoms with Crippen LogP contribution in [0.25, 0.3) is 6.08 Å². The molecule has 0 saturated carbocycles. The fourth-order valence-corrected chi connectivity index (χ4v) is 3.71. The molecule has 5 atom stereocenters. The highest BCUT2D eigenvalue weighted by Crippen LogP contribution is 2.47. The third-order valence-electron chi connectivity index (χ3n) is 5.47. The minimum Gasteiger partial charge on any atom is -0.571 e. The third-order valence-corrected chi connectivity index (χ3v) is 5.47. The third kappa shape index (κ3) is 4.18. The molecule has 1 fully saturated rings. The fraction of sp³-hybridized carbons (Fsp3) is 0.364. The Balaban J connectivity index is 1.78. The van der Waals surface area contributed by atoms with Crippen LogP contribution in [0.3, 0.4) is 0 Å². The molecule has 2 aromatic rings. The number of aromatic hydroxyl groups is 4. The van der Waals surface area contributed by atoms with Gasteiger partial charge in [-0.1, -0.05) is 0 Å². The summed E-state index contributed by atoms with van der Waals surface area (Å²) in [5.41, 5.74) is 0.703. The van der Waals surface area contributed by atoms with Gasteiger partial charge in [0.15, 0.2) is 17.3 Å². The van der Waals surface area contributed by atoms with Crippen molar-refractivity contribution in [3.05, 3.63) is 41.2 Å². The lowest BCUT2D eigenvalue weighted by Gasteiger charge is -2.36. The quantitative estimate of drug-likeness (QED) is 0.344. The number of aliphatic hydroxyl groups is 4. The van der Waals surface area contributed by atoms with Gasteiger partial charge in [-0.15, -0.1) is 0 Å². The molecule has 0 amide bonds. The van der Waals surface area contributed by atoms with Crippen molar-refractivity contribution >= 4 is 6.08 Å². The first-order chi connectivity index (χ1) is 15.7. The number of fused-ring (bicyclic) bond motifs is 1. The molecule has 0 bridgehead atoms. The number of phenols is 3. The molecule has 11 nitrogen and oxygen atoms in total. The first-order valence-corrected chi connectivity index (χ1v) is 9.99. The van der Waals surface area contributed by atoms with Gasteiger partial charge in [-0.25, -0.2) is 0 Å². The second kappa shape index (κ2) is 8.87. The molecule has 4 rings (SSSR count). The van der Waals surface area contributed by atoms with Gasteiger partial charge in [0.1, 0.15) is 35.4 Å². The first kappa shape index (κ1) is 22.8. The molecule has 2 aliphatic rings. The van der Waals surface area contributed by atoms with Gasteiger partial charge in [0, 0.05) is 12.1 Å². The van der Waals surface area contributed by atoms with Crippen molar-refractivity contribution in [1.29, 1.82) is 0 Å². The average molecular weight is 465 g/mol. The molecule has 7 N–H and O–H groups in total. The van der Waals surface area contributed by atoms with E-state index in [1.807, 2.05) is 0 Å². The molecule has 2 aliphatic heterocycles. The summed E-state index contributed by atoms with van der Waals surface area (Å²) < 4.78 is 26.2. The molecule has 178 valence electrons. The van der Waals surface area contributed by atoms with Crippen LogP contribution in [0.5, 0.6) is 34.5 Å². The van der Waals surface area contributed by atoms with E-state index >= 15 is 0 Å². The molecule has 0 aliphatic carbocycles. The average Bonchev–Trinajstić information content (AvgIpc) is 2.79. The second-order valence-corrected chi connectivity index (χ2v) is 7.62. The number of rotatable bonds is 5. The molecule has 0 aromatic heterocycles. The Labute approximate surface area is 188 Å². The predicted octanol–water partition coefficient (Wildman–Crippen LogP) is 0.613. The van der Waals surface area contributed by atoms with Crippen LogP contribution in [0.15, 0.2) is 30.0 Å². The van der Waals surface area contributed by atoms with Gasteiger partial charge in [0.25, 0.3) is 11.9 Å². The monoisotopic (exact) mass is 465 g/mol. The van der Waals surface area contributed by atoms with Gasteiger partial charge in [0.2, 0.25) is 12.0 Å². The summed E-state index contributed by atoms with van der Waals surface area (Å²) >= 11 is 0. The van der Waals surface area contributed by atoms with Crippen molar-refractivity contribution in [2.24, 2.45) is 0 Å². The molecule has 0 radical (unpaired) electrons. The van der Waals surface area contributed by atoms with E-state index in [2.05, 4.69) is 4.74 Å². The Bertz CT molecular complexity index is 1040. The van der Waals surface area contributed by atoms with Gasteiger partial charge < -0.3 is 54.3 Å². The molecule has 1 saturated heterocycles. The molecule has 0 spiro atoms. The van der Waals surface area contributed by atoms with Crippen molar-refractivity contribution in [3.63, 3.8) is 0 Å². The normalized spacial score (nSPS) is 26.6. The van der Waals surface area contributed by atoms with Crippen molar-refractivity contribution < 1.29 is 54.3 Å². The van der Waals surface area contributed by atoms with Gasteiger partial charge in [-0.05, 0) is 12.1 Å². The van der Waals surface area contributed by atoms with Crippen molar-refractivity contribution in [2.75, 3.05) is 20.8 Å². The van der Waals surface area contributed by atoms with Crippen molar-refractivity contribution in [2.45, 2.75) is 30.7 Å². The summed E-state index contributed by atoms with van der Waals surface area (Å²) in [5.74, 6) is -0.0793. The summed E-state index contributed by atoms with van der Waals surface area (Å²) in [7, 11) is 2.74. The maximum atomic E-state index is 10.3. The van der Waals surface area contributed by atoms with Crippen LogP contribution >= 0.6 is 0 Å². The Morgan fingerprint density at radius 3 is 2.24 bits per heavy atom. The predicted molar refractivity (Wildman–Crippen MR) is 112 cm³/mol. The molecular weight excluding hydrogens is 440 g/mol. The standard InChI is InChI=1S/C22H24O11/c1-29-15-3-9(4-16(30-2)19(15)27)21-17(33-22-20(28)18(26)13(25)8-31-22)7-11-12(24)5-10(23)6-14(11)32-21/h3-7,13,18,20-28H,8H2,1-2H3/p+1/t13-,18-,20+,21?,22?/m1/s1. The molecule has 11 heteroatoms. The lowest BCUT2D eigenvalue weighted by Crippen LogP contribution is -2.53. The number of hydrogen-bond acceptors (Lipinski definition) is 10. The van der Waals surface area contributed by atoms with Crippen LogP contribution < -0.4 is 9.47 Å². The zero-order valence-electron chi connectivity index (χ0n) is 17.7. The summed E-state index contributed by atoms with van der Waals surface area (Å²) in [6.45, 7) is -0.269. The van der Waals surface area contributed by atoms with E-state index in [0.717, 1.165) is 6.07 Å². The van der Waals surface area contributed by atoms with Gasteiger partial charge in [0.05, 0.1) is 32.5 Å². The number of methoxy groups -OCH3 is 2. The minimum absolute atomic E-state index is 0.107. The molecule has 2 heterocycles. The maximum absolute atomic E-state index is 10.3. The Kier molecular flexibility index (Phi) is 6.13. The van der Waals surface area contributed by atoms with Crippen LogP contribution in [0.4, 0.5) is 0 Å². The first-order valence-electron chi connectivity index (χ1n) is 9.99. The smallest absolute Gasteiger partial charge is 0.270 e. The second-order valence-electron chi connectivity index (χ2n) is 7.62. The van der Waals surface area contributed by atoms with Crippen LogP contribution in [0, 0.1) is 0 Å². The van der Waals surface area contributed by atoms with E-state index in [1.165, 1.54) is 38.5 Å². The highest BCUT2D eigenvalue weighted by atomic mass is 16.7. The number of benzene rings is 2. The highest BCUT2D eigenvalue weighted by molar-refractivity contribution is 5.69. The zero-order valence-corrected chi connectivity index (χ0v) is 17.7. The largest absolute Gasteiger partial charge is 0.571 e. The number of ether oxygens (including phenoxy) is 5. The summed E-state index contributed by atoms with van der Waals surface area (Å²) in [4.78, 5) is 0. The van der Waals surface area contributed by atoms with E-state index in [-0.39, 0.29) is 52.4 Å². The molecule has 33 heavy (non-hydrogen) atoms. The van der Waals surface area contributed by atoms with Crippen LogP contribution in [-0.2, 0) is 9.47 Å². The van der Waals surface area contributed by atoms with Gasteiger partial charge >= 0.3 is 0 Å². The minimum atomic E-state index is -1.56. The van der Waals surface area contributed by atoms with E-state index in [0.29, 0.717) is 5.56 Å². The Hall–Kier alpha value is -3.38. The highest BCUT2D eigenvalue weighted by Gasteiger charge is 2.42. The van der Waals surface area contributed by atoms with E-state index in [4.69, 9.17) is 18.9 Å². The van der Waals surface area contributed by atoms with Gasteiger partial charge in [-0.2, -0.15) is 0 Å². The van der Waals surface area contributed by atoms with Crippen LogP contribution in [0.1, 0.15) is 17.2 Å². The maximum Gasteiger partial charge on any atom is 0.270 e. The summed E-state index contributed by atoms with van der Waals surface area (Å²) in [5, 5.41) is 60.5. The number of hydrogen-bond donors (Lipinski definition) is 6. The lowest BCUT2D eigenvalue weighted by molar-refractivity contribution is -0.263.